The number of ether oxygens (including phenoxy) is 1. The number of hydrogen-bond donors (Lipinski definition) is 0. The average Bonchev–Trinajstić information content (AvgIpc) is 2.47. The minimum atomic E-state index is -3.04. The number of alkyl halides is 2. The van der Waals surface area contributed by atoms with Crippen molar-refractivity contribution in [1.29, 1.82) is 5.26 Å². The molecule has 4 nitrogen and oxygen atoms in total. The molecule has 1 fully saturated rings. The molecule has 1 atom stereocenters. The minimum absolute atomic E-state index is 0.0589. The van der Waals surface area contributed by atoms with Crippen molar-refractivity contribution in [3.05, 3.63) is 35.9 Å². The Morgan fingerprint density at radius 1 is 1.43 bits per heavy atom. The standard InChI is InChI=1S/C15H16F2N2O2/c16-15(17)11-19(9-7-13(15)6-8-18)14(20)21-10-12-4-2-1-3-5-12/h1-5,13H,6-7,9-11H2. The van der Waals surface area contributed by atoms with Crippen molar-refractivity contribution in [2.45, 2.75) is 25.4 Å². The zero-order valence-electron chi connectivity index (χ0n) is 11.5. The van der Waals surface area contributed by atoms with Gasteiger partial charge in [0.05, 0.1) is 12.6 Å². The molecule has 1 heterocycles. The van der Waals surface area contributed by atoms with Crippen molar-refractivity contribution < 1.29 is 18.3 Å². The van der Waals surface area contributed by atoms with Gasteiger partial charge in [-0.15, -0.1) is 0 Å². The Balaban J connectivity index is 1.88. The van der Waals surface area contributed by atoms with E-state index in [9.17, 15) is 13.6 Å². The van der Waals surface area contributed by atoms with Gasteiger partial charge in [0.15, 0.2) is 0 Å². The van der Waals surface area contributed by atoms with Crippen LogP contribution in [0.3, 0.4) is 0 Å². The first-order chi connectivity index (χ1) is 10.0. The van der Waals surface area contributed by atoms with E-state index in [1.807, 2.05) is 18.2 Å². The number of amides is 1. The summed E-state index contributed by atoms with van der Waals surface area (Å²) in [5, 5.41) is 8.55. The van der Waals surface area contributed by atoms with Crippen LogP contribution in [0.2, 0.25) is 0 Å². The lowest BCUT2D eigenvalue weighted by atomic mass is 9.90. The summed E-state index contributed by atoms with van der Waals surface area (Å²) < 4.78 is 32.7. The number of halogens is 2. The van der Waals surface area contributed by atoms with Gasteiger partial charge in [0, 0.05) is 18.9 Å². The molecule has 0 aromatic heterocycles. The zero-order valence-corrected chi connectivity index (χ0v) is 11.5. The molecule has 0 saturated carbocycles. The highest BCUT2D eigenvalue weighted by Gasteiger charge is 2.45. The van der Waals surface area contributed by atoms with Crippen LogP contribution in [0.15, 0.2) is 30.3 Å². The Morgan fingerprint density at radius 3 is 2.76 bits per heavy atom. The van der Waals surface area contributed by atoms with Crippen LogP contribution in [0.25, 0.3) is 0 Å². The molecule has 1 unspecified atom stereocenters. The number of carbonyl (C=O) groups is 1. The van der Waals surface area contributed by atoms with Gasteiger partial charge in [-0.3, -0.25) is 0 Å². The molecule has 6 heteroatoms. The maximum absolute atomic E-state index is 13.8. The van der Waals surface area contributed by atoms with Crippen molar-refractivity contribution in [3.63, 3.8) is 0 Å². The molecular weight excluding hydrogens is 278 g/mol. The van der Waals surface area contributed by atoms with Crippen molar-refractivity contribution >= 4 is 6.09 Å². The fraction of sp³-hybridized carbons (Fsp3) is 0.467. The number of benzene rings is 1. The van der Waals surface area contributed by atoms with Gasteiger partial charge >= 0.3 is 6.09 Å². The van der Waals surface area contributed by atoms with Gasteiger partial charge < -0.3 is 9.64 Å². The van der Waals surface area contributed by atoms with E-state index < -0.39 is 24.5 Å². The Hall–Kier alpha value is -2.16. The fourth-order valence-corrected chi connectivity index (χ4v) is 2.31. The zero-order chi connectivity index (χ0) is 15.3. The maximum Gasteiger partial charge on any atom is 0.410 e. The third kappa shape index (κ3) is 3.91. The highest BCUT2D eigenvalue weighted by Crippen LogP contribution is 2.35. The summed E-state index contributed by atoms with van der Waals surface area (Å²) in [6.07, 6.45) is -0.824. The molecule has 0 spiro atoms. The van der Waals surface area contributed by atoms with E-state index in [-0.39, 0.29) is 26.0 Å². The predicted octanol–water partition coefficient (Wildman–Crippen LogP) is 3.19. The highest BCUT2D eigenvalue weighted by molar-refractivity contribution is 5.67. The third-order valence-corrected chi connectivity index (χ3v) is 3.55. The Bertz CT molecular complexity index is 528. The topological polar surface area (TPSA) is 53.3 Å². The number of nitrogens with zero attached hydrogens (tertiary/aromatic N) is 2. The lowest BCUT2D eigenvalue weighted by molar-refractivity contribution is -0.104. The van der Waals surface area contributed by atoms with Crippen LogP contribution in [0.1, 0.15) is 18.4 Å². The fourth-order valence-electron chi connectivity index (χ4n) is 2.31. The first-order valence-corrected chi connectivity index (χ1v) is 6.73. The molecule has 1 aliphatic heterocycles. The van der Waals surface area contributed by atoms with Gasteiger partial charge in [-0.1, -0.05) is 30.3 Å². The first-order valence-electron chi connectivity index (χ1n) is 6.73. The Labute approximate surface area is 121 Å². The number of hydrogen-bond acceptors (Lipinski definition) is 3. The molecule has 1 aromatic rings. The summed E-state index contributed by atoms with van der Waals surface area (Å²) in [6, 6.07) is 10.8. The third-order valence-electron chi connectivity index (χ3n) is 3.55. The lowest BCUT2D eigenvalue weighted by Gasteiger charge is -2.36. The molecule has 1 amide bonds. The van der Waals surface area contributed by atoms with Crippen LogP contribution in [-0.4, -0.2) is 30.0 Å². The van der Waals surface area contributed by atoms with Gasteiger partial charge in [0.1, 0.15) is 6.61 Å². The second kappa shape index (κ2) is 6.53. The van der Waals surface area contributed by atoms with E-state index in [0.29, 0.717) is 0 Å². The monoisotopic (exact) mass is 294 g/mol. The molecule has 1 saturated heterocycles. The van der Waals surface area contributed by atoms with Crippen molar-refractivity contribution in [3.8, 4) is 6.07 Å². The Kier molecular flexibility index (Phi) is 4.73. The van der Waals surface area contributed by atoms with Crippen LogP contribution in [-0.2, 0) is 11.3 Å². The van der Waals surface area contributed by atoms with E-state index in [4.69, 9.17) is 10.00 Å². The van der Waals surface area contributed by atoms with Crippen LogP contribution >= 0.6 is 0 Å². The molecule has 21 heavy (non-hydrogen) atoms. The molecule has 0 N–H and O–H groups in total. The van der Waals surface area contributed by atoms with E-state index in [1.165, 1.54) is 0 Å². The smallest absolute Gasteiger partial charge is 0.410 e. The minimum Gasteiger partial charge on any atom is -0.445 e. The van der Waals surface area contributed by atoms with E-state index in [0.717, 1.165) is 10.5 Å². The van der Waals surface area contributed by atoms with Crippen LogP contribution in [0.4, 0.5) is 13.6 Å². The lowest BCUT2D eigenvalue weighted by Crippen LogP contribution is -2.50. The summed E-state index contributed by atoms with van der Waals surface area (Å²) in [7, 11) is 0. The van der Waals surface area contributed by atoms with E-state index in [2.05, 4.69) is 0 Å². The highest BCUT2D eigenvalue weighted by atomic mass is 19.3. The van der Waals surface area contributed by atoms with Gasteiger partial charge in [0.25, 0.3) is 5.92 Å². The van der Waals surface area contributed by atoms with Crippen molar-refractivity contribution in [2.75, 3.05) is 13.1 Å². The summed E-state index contributed by atoms with van der Waals surface area (Å²) in [5.41, 5.74) is 0.803. The number of likely N-dealkylation sites (tertiary alicyclic amines) is 1. The molecular formula is C15H16F2N2O2. The molecule has 1 aliphatic rings. The predicted molar refractivity (Wildman–Crippen MR) is 71.5 cm³/mol. The number of piperidine rings is 1. The van der Waals surface area contributed by atoms with Gasteiger partial charge in [-0.05, 0) is 12.0 Å². The van der Waals surface area contributed by atoms with Gasteiger partial charge in [-0.2, -0.15) is 5.26 Å². The Morgan fingerprint density at radius 2 is 2.14 bits per heavy atom. The summed E-state index contributed by atoms with van der Waals surface area (Å²) in [5.74, 6) is -4.03. The second-order valence-electron chi connectivity index (χ2n) is 5.07. The number of nitriles is 1. The second-order valence-corrected chi connectivity index (χ2v) is 5.07. The molecule has 112 valence electrons. The van der Waals surface area contributed by atoms with Crippen LogP contribution in [0, 0.1) is 17.2 Å². The summed E-state index contributed by atoms with van der Waals surface area (Å²) >= 11 is 0. The van der Waals surface area contributed by atoms with E-state index in [1.54, 1.807) is 18.2 Å². The van der Waals surface area contributed by atoms with Gasteiger partial charge in [0.2, 0.25) is 0 Å². The molecule has 0 bridgehead atoms. The normalized spacial score (nSPS) is 20.6. The number of carbonyl (C=O) groups excluding carboxylic acids is 1. The molecule has 1 aromatic carbocycles. The molecule has 2 rings (SSSR count). The van der Waals surface area contributed by atoms with Gasteiger partial charge in [-0.25, -0.2) is 13.6 Å². The van der Waals surface area contributed by atoms with Crippen molar-refractivity contribution in [2.24, 2.45) is 5.92 Å². The largest absolute Gasteiger partial charge is 0.445 e. The van der Waals surface area contributed by atoms with E-state index >= 15 is 0 Å². The summed E-state index contributed by atoms with van der Waals surface area (Å²) in [6.45, 7) is -0.439. The van der Waals surface area contributed by atoms with Crippen molar-refractivity contribution in [1.82, 2.24) is 4.90 Å². The summed E-state index contributed by atoms with van der Waals surface area (Å²) in [4.78, 5) is 12.8. The molecule has 0 aliphatic carbocycles. The maximum atomic E-state index is 13.8. The number of rotatable bonds is 3. The average molecular weight is 294 g/mol. The SMILES string of the molecule is N#CCC1CCN(C(=O)OCc2ccccc2)CC1(F)F. The van der Waals surface area contributed by atoms with Crippen LogP contribution < -0.4 is 0 Å². The molecule has 0 radical (unpaired) electrons. The first kappa shape index (κ1) is 15.2. The van der Waals surface area contributed by atoms with Crippen LogP contribution in [0.5, 0.6) is 0 Å². The quantitative estimate of drug-likeness (QED) is 0.860.